The first-order chi connectivity index (χ1) is 8.51. The quantitative estimate of drug-likeness (QED) is 0.702. The lowest BCUT2D eigenvalue weighted by Gasteiger charge is -2.19. The van der Waals surface area contributed by atoms with Crippen molar-refractivity contribution in [3.05, 3.63) is 33.8 Å². The number of benzene rings is 1. The summed E-state index contributed by atoms with van der Waals surface area (Å²) < 4.78 is 5.15. The Morgan fingerprint density at radius 1 is 1.50 bits per heavy atom. The van der Waals surface area contributed by atoms with Gasteiger partial charge < -0.3 is 20.3 Å². The van der Waals surface area contributed by atoms with Crippen LogP contribution in [-0.4, -0.2) is 43.0 Å². The van der Waals surface area contributed by atoms with Gasteiger partial charge in [0, 0.05) is 11.0 Å². The van der Waals surface area contributed by atoms with Gasteiger partial charge in [0.05, 0.1) is 18.8 Å². The van der Waals surface area contributed by atoms with Crippen LogP contribution in [0.25, 0.3) is 0 Å². The molecule has 2 unspecified atom stereocenters. The maximum atomic E-state index is 11.3. The highest BCUT2D eigenvalue weighted by molar-refractivity contribution is 9.10. The van der Waals surface area contributed by atoms with E-state index in [1.165, 1.54) is 7.11 Å². The normalized spacial score (nSPS) is 14.1. The summed E-state index contributed by atoms with van der Waals surface area (Å²) in [6.45, 7) is 0.270. The lowest BCUT2D eigenvalue weighted by Crippen LogP contribution is -2.29. The van der Waals surface area contributed by atoms with E-state index in [1.54, 1.807) is 25.2 Å². The van der Waals surface area contributed by atoms with Gasteiger partial charge in [-0.25, -0.2) is 4.79 Å². The molecule has 0 bridgehead atoms. The van der Waals surface area contributed by atoms with E-state index in [-0.39, 0.29) is 6.54 Å². The largest absolute Gasteiger partial charge is 0.465 e. The third kappa shape index (κ3) is 3.52. The molecule has 2 atom stereocenters. The van der Waals surface area contributed by atoms with Gasteiger partial charge in [0.2, 0.25) is 0 Å². The first-order valence-corrected chi connectivity index (χ1v) is 6.19. The molecular formula is C12H16BrNO4. The number of methoxy groups -OCH3 is 1. The van der Waals surface area contributed by atoms with E-state index >= 15 is 0 Å². The Kier molecular flexibility index (Phi) is 5.74. The van der Waals surface area contributed by atoms with Gasteiger partial charge in [-0.1, -0.05) is 22.0 Å². The molecule has 0 fully saturated rings. The molecule has 0 amide bonds. The second-order valence-electron chi connectivity index (χ2n) is 3.80. The maximum Gasteiger partial charge on any atom is 0.337 e. The fourth-order valence-electron chi connectivity index (χ4n) is 1.54. The summed E-state index contributed by atoms with van der Waals surface area (Å²) in [5.41, 5.74) is 0.897. The van der Waals surface area contributed by atoms with Gasteiger partial charge in [-0.15, -0.1) is 0 Å². The Labute approximate surface area is 114 Å². The highest BCUT2D eigenvalue weighted by Gasteiger charge is 2.20. The van der Waals surface area contributed by atoms with Crippen LogP contribution in [0.2, 0.25) is 0 Å². The summed E-state index contributed by atoms with van der Waals surface area (Å²) in [4.78, 5) is 11.3. The van der Waals surface area contributed by atoms with Crippen LogP contribution in [0, 0.1) is 0 Å². The second-order valence-corrected chi connectivity index (χ2v) is 4.65. The van der Waals surface area contributed by atoms with E-state index < -0.39 is 18.2 Å². The Hall–Kier alpha value is -0.950. The van der Waals surface area contributed by atoms with Gasteiger partial charge in [-0.05, 0) is 24.7 Å². The minimum atomic E-state index is -1.03. The zero-order valence-corrected chi connectivity index (χ0v) is 11.8. The molecule has 0 aliphatic rings. The monoisotopic (exact) mass is 317 g/mol. The van der Waals surface area contributed by atoms with Crippen LogP contribution in [0.3, 0.4) is 0 Å². The molecule has 0 radical (unpaired) electrons. The molecule has 0 aliphatic heterocycles. The first-order valence-electron chi connectivity index (χ1n) is 5.39. The molecule has 0 saturated heterocycles. The van der Waals surface area contributed by atoms with Crippen molar-refractivity contribution in [1.29, 1.82) is 0 Å². The van der Waals surface area contributed by atoms with Crippen LogP contribution in [0.15, 0.2) is 22.7 Å². The zero-order chi connectivity index (χ0) is 13.7. The number of hydrogen-bond donors (Lipinski definition) is 3. The highest BCUT2D eigenvalue weighted by atomic mass is 79.9. The summed E-state index contributed by atoms with van der Waals surface area (Å²) in [7, 11) is 2.99. The fourth-order valence-corrected chi connectivity index (χ4v) is 2.15. The summed E-state index contributed by atoms with van der Waals surface area (Å²) in [6.07, 6.45) is -1.95. The van der Waals surface area contributed by atoms with E-state index in [1.807, 2.05) is 0 Å². The number of rotatable bonds is 5. The lowest BCUT2D eigenvalue weighted by atomic mass is 10.0. The zero-order valence-electron chi connectivity index (χ0n) is 10.2. The summed E-state index contributed by atoms with van der Waals surface area (Å²) >= 11 is 3.27. The molecule has 5 nitrogen and oxygen atoms in total. The van der Waals surface area contributed by atoms with E-state index in [2.05, 4.69) is 26.0 Å². The number of halogens is 1. The molecule has 6 heteroatoms. The van der Waals surface area contributed by atoms with Gasteiger partial charge in [0.15, 0.2) is 0 Å². The fraction of sp³-hybridized carbons (Fsp3) is 0.417. The molecule has 0 saturated carbocycles. The predicted octanol–water partition coefficient (Wildman–Crippen LogP) is 0.849. The SMILES string of the molecule is CNCC(O)C(O)c1ccc(C(=O)OC)cc1Br. The molecule has 0 spiro atoms. The summed E-state index contributed by atoms with van der Waals surface area (Å²) in [5, 5.41) is 22.4. The van der Waals surface area contributed by atoms with Crippen molar-refractivity contribution < 1.29 is 19.7 Å². The summed E-state index contributed by atoms with van der Waals surface area (Å²) in [5.74, 6) is -0.451. The van der Waals surface area contributed by atoms with Crippen molar-refractivity contribution >= 4 is 21.9 Å². The van der Waals surface area contributed by atoms with Gasteiger partial charge >= 0.3 is 5.97 Å². The Balaban J connectivity index is 2.94. The number of ether oxygens (including phenoxy) is 1. The van der Waals surface area contributed by atoms with Crippen molar-refractivity contribution in [2.24, 2.45) is 0 Å². The molecule has 100 valence electrons. The molecule has 1 aromatic rings. The van der Waals surface area contributed by atoms with Gasteiger partial charge in [-0.3, -0.25) is 0 Å². The van der Waals surface area contributed by atoms with Crippen molar-refractivity contribution in [1.82, 2.24) is 5.32 Å². The predicted molar refractivity (Wildman–Crippen MR) is 70.4 cm³/mol. The number of carbonyl (C=O) groups excluding carboxylic acids is 1. The standard InChI is InChI=1S/C12H16BrNO4/c1-14-6-10(15)11(16)8-4-3-7(5-9(8)13)12(17)18-2/h3-5,10-11,14-16H,6H2,1-2H3. The molecule has 0 aromatic heterocycles. The van der Waals surface area contributed by atoms with E-state index in [4.69, 9.17) is 0 Å². The third-order valence-electron chi connectivity index (χ3n) is 2.52. The number of aliphatic hydroxyl groups excluding tert-OH is 2. The molecule has 3 N–H and O–H groups in total. The van der Waals surface area contributed by atoms with Crippen LogP contribution in [-0.2, 0) is 4.74 Å². The molecule has 1 rings (SSSR count). The maximum absolute atomic E-state index is 11.3. The third-order valence-corrected chi connectivity index (χ3v) is 3.20. The number of carbonyl (C=O) groups is 1. The minimum Gasteiger partial charge on any atom is -0.465 e. The topological polar surface area (TPSA) is 78.8 Å². The van der Waals surface area contributed by atoms with E-state index in [0.717, 1.165) is 0 Å². The number of hydrogen-bond acceptors (Lipinski definition) is 5. The number of aliphatic hydroxyl groups is 2. The molecular weight excluding hydrogens is 302 g/mol. The van der Waals surface area contributed by atoms with Crippen molar-refractivity contribution in [3.63, 3.8) is 0 Å². The lowest BCUT2D eigenvalue weighted by molar-refractivity contribution is 0.0198. The summed E-state index contributed by atoms with van der Waals surface area (Å²) in [6, 6.07) is 4.68. The Bertz CT molecular complexity index is 425. The van der Waals surface area contributed by atoms with Crippen LogP contribution >= 0.6 is 15.9 Å². The van der Waals surface area contributed by atoms with Crippen LogP contribution in [0.1, 0.15) is 22.0 Å². The molecule has 1 aromatic carbocycles. The highest BCUT2D eigenvalue weighted by Crippen LogP contribution is 2.27. The van der Waals surface area contributed by atoms with Gasteiger partial charge in [-0.2, -0.15) is 0 Å². The number of esters is 1. The first kappa shape index (κ1) is 15.1. The number of nitrogens with one attached hydrogen (secondary N) is 1. The van der Waals surface area contributed by atoms with Crippen molar-refractivity contribution in [2.45, 2.75) is 12.2 Å². The average molecular weight is 318 g/mol. The van der Waals surface area contributed by atoms with Crippen molar-refractivity contribution in [2.75, 3.05) is 20.7 Å². The molecule has 18 heavy (non-hydrogen) atoms. The second kappa shape index (κ2) is 6.84. The molecule has 0 heterocycles. The Morgan fingerprint density at radius 3 is 2.67 bits per heavy atom. The van der Waals surface area contributed by atoms with Gasteiger partial charge in [0.25, 0.3) is 0 Å². The van der Waals surface area contributed by atoms with Crippen LogP contribution in [0.5, 0.6) is 0 Å². The smallest absolute Gasteiger partial charge is 0.337 e. The minimum absolute atomic E-state index is 0.270. The van der Waals surface area contributed by atoms with E-state index in [0.29, 0.717) is 15.6 Å². The van der Waals surface area contributed by atoms with Crippen LogP contribution in [0.4, 0.5) is 0 Å². The molecule has 0 aliphatic carbocycles. The van der Waals surface area contributed by atoms with Crippen LogP contribution < -0.4 is 5.32 Å². The Morgan fingerprint density at radius 2 is 2.17 bits per heavy atom. The van der Waals surface area contributed by atoms with Gasteiger partial charge in [0.1, 0.15) is 6.10 Å². The van der Waals surface area contributed by atoms with Crippen molar-refractivity contribution in [3.8, 4) is 0 Å². The average Bonchev–Trinajstić information content (AvgIpc) is 2.37. The van der Waals surface area contributed by atoms with E-state index in [9.17, 15) is 15.0 Å². The number of likely N-dealkylation sites (N-methyl/N-ethyl adjacent to an activating group) is 1.